The summed E-state index contributed by atoms with van der Waals surface area (Å²) in [6.45, 7) is 2.39. The van der Waals surface area contributed by atoms with Gasteiger partial charge in [-0.25, -0.2) is 4.79 Å². The molecule has 1 heterocycles. The van der Waals surface area contributed by atoms with Crippen LogP contribution in [0.1, 0.15) is 18.1 Å². The molecule has 28 heavy (non-hydrogen) atoms. The fourth-order valence-electron chi connectivity index (χ4n) is 3.46. The quantitative estimate of drug-likeness (QED) is 0.812. The zero-order chi connectivity index (χ0) is 20.3. The number of benzene rings is 2. The summed E-state index contributed by atoms with van der Waals surface area (Å²) < 4.78 is 5.11. The maximum atomic E-state index is 13.2. The van der Waals surface area contributed by atoms with Crippen LogP contribution in [0.4, 0.5) is 21.9 Å². The number of carbonyl (C=O) groups excluding carboxylic acids is 2. The lowest BCUT2D eigenvalue weighted by atomic mass is 10.0. The maximum Gasteiger partial charge on any atom is 0.413 e. The van der Waals surface area contributed by atoms with Gasteiger partial charge in [0.05, 0.1) is 24.5 Å². The number of anilines is 3. The van der Waals surface area contributed by atoms with Crippen molar-refractivity contribution in [2.75, 3.05) is 44.1 Å². The molecule has 1 aliphatic rings. The monoisotopic (exact) mass is 381 g/mol. The molecule has 0 saturated heterocycles. The van der Waals surface area contributed by atoms with Gasteiger partial charge < -0.3 is 9.64 Å². The van der Waals surface area contributed by atoms with E-state index >= 15 is 0 Å². The maximum absolute atomic E-state index is 13.2. The molecule has 2 amide bonds. The lowest BCUT2D eigenvalue weighted by Gasteiger charge is -2.27. The minimum absolute atomic E-state index is 0.00321. The lowest BCUT2D eigenvalue weighted by Crippen LogP contribution is -2.35. The molecule has 3 rings (SSSR count). The first-order valence-electron chi connectivity index (χ1n) is 9.51. The molecule has 0 aromatic heterocycles. The normalized spacial score (nSPS) is 12.8. The standard InChI is InChI=1S/C22H27N3O3/c1-5-28-22(27)24(4)18-13-12-17-11-10-16-8-6-7-9-19(16)25(20(17)14-18)21(26)15-23(2)3/h6-9,12-14H,5,10-11,15H2,1-4H3. The third kappa shape index (κ3) is 4.02. The van der Waals surface area contributed by atoms with Crippen LogP contribution < -0.4 is 9.80 Å². The molecular weight excluding hydrogens is 354 g/mol. The number of fused-ring (bicyclic) bond motifs is 2. The van der Waals surface area contributed by atoms with Gasteiger partial charge in [-0.2, -0.15) is 0 Å². The van der Waals surface area contributed by atoms with E-state index in [0.29, 0.717) is 18.8 Å². The second kappa shape index (κ2) is 8.44. The van der Waals surface area contributed by atoms with Crippen LogP contribution in [0.2, 0.25) is 0 Å². The summed E-state index contributed by atoms with van der Waals surface area (Å²) in [5.41, 5.74) is 4.66. The lowest BCUT2D eigenvalue weighted by molar-refractivity contribution is -0.118. The molecule has 2 aromatic rings. The number of rotatable bonds is 4. The van der Waals surface area contributed by atoms with Crippen LogP contribution in [0.15, 0.2) is 42.5 Å². The molecule has 6 nitrogen and oxygen atoms in total. The second-order valence-corrected chi connectivity index (χ2v) is 7.17. The van der Waals surface area contributed by atoms with Gasteiger partial charge in [0.15, 0.2) is 0 Å². The summed E-state index contributed by atoms with van der Waals surface area (Å²) >= 11 is 0. The van der Waals surface area contributed by atoms with Crippen molar-refractivity contribution in [3.8, 4) is 0 Å². The van der Waals surface area contributed by atoms with E-state index in [1.165, 1.54) is 4.90 Å². The van der Waals surface area contributed by atoms with Crippen molar-refractivity contribution in [1.82, 2.24) is 4.90 Å². The number of aryl methyl sites for hydroxylation is 2. The van der Waals surface area contributed by atoms with Gasteiger partial charge in [0, 0.05) is 12.7 Å². The van der Waals surface area contributed by atoms with Crippen molar-refractivity contribution in [2.45, 2.75) is 19.8 Å². The first-order chi connectivity index (χ1) is 13.4. The van der Waals surface area contributed by atoms with E-state index in [1.807, 2.05) is 55.4 Å². The number of hydrogen-bond acceptors (Lipinski definition) is 4. The molecule has 6 heteroatoms. The second-order valence-electron chi connectivity index (χ2n) is 7.17. The highest BCUT2D eigenvalue weighted by Crippen LogP contribution is 2.38. The first kappa shape index (κ1) is 19.9. The first-order valence-corrected chi connectivity index (χ1v) is 9.51. The van der Waals surface area contributed by atoms with E-state index in [1.54, 1.807) is 18.9 Å². The van der Waals surface area contributed by atoms with Crippen molar-refractivity contribution in [3.63, 3.8) is 0 Å². The predicted molar refractivity (Wildman–Crippen MR) is 111 cm³/mol. The Bertz CT molecular complexity index is 879. The van der Waals surface area contributed by atoms with Crippen molar-refractivity contribution in [1.29, 1.82) is 0 Å². The smallest absolute Gasteiger partial charge is 0.413 e. The molecular formula is C22H27N3O3. The summed E-state index contributed by atoms with van der Waals surface area (Å²) in [4.78, 5) is 30.5. The van der Waals surface area contributed by atoms with Crippen molar-refractivity contribution in [2.24, 2.45) is 0 Å². The van der Waals surface area contributed by atoms with Gasteiger partial charge in [0.25, 0.3) is 0 Å². The Kier molecular flexibility index (Phi) is 5.99. The van der Waals surface area contributed by atoms with E-state index in [2.05, 4.69) is 6.07 Å². The largest absolute Gasteiger partial charge is 0.449 e. The Labute approximate surface area is 166 Å². The number of hydrogen-bond donors (Lipinski definition) is 0. The van der Waals surface area contributed by atoms with Crippen molar-refractivity contribution >= 4 is 29.1 Å². The van der Waals surface area contributed by atoms with Gasteiger partial charge in [-0.15, -0.1) is 0 Å². The van der Waals surface area contributed by atoms with Gasteiger partial charge >= 0.3 is 6.09 Å². The molecule has 0 saturated carbocycles. The molecule has 0 N–H and O–H groups in total. The average Bonchev–Trinajstić information content (AvgIpc) is 2.83. The number of para-hydroxylation sites is 1. The minimum Gasteiger partial charge on any atom is -0.449 e. The number of carbonyl (C=O) groups is 2. The van der Waals surface area contributed by atoms with Crippen LogP contribution in [0.3, 0.4) is 0 Å². The number of ether oxygens (including phenoxy) is 1. The molecule has 0 aliphatic carbocycles. The molecule has 1 aliphatic heterocycles. The van der Waals surface area contributed by atoms with Gasteiger partial charge in [0.2, 0.25) is 5.91 Å². The average molecular weight is 381 g/mol. The number of nitrogens with zero attached hydrogens (tertiary/aromatic N) is 3. The SMILES string of the molecule is CCOC(=O)N(C)c1ccc2c(c1)N(C(=O)CN(C)C)c1ccccc1CC2. The zero-order valence-electron chi connectivity index (χ0n) is 16.9. The number of amides is 2. The highest BCUT2D eigenvalue weighted by molar-refractivity contribution is 6.04. The van der Waals surface area contributed by atoms with Gasteiger partial charge in [-0.3, -0.25) is 14.6 Å². The zero-order valence-corrected chi connectivity index (χ0v) is 16.9. The highest BCUT2D eigenvalue weighted by atomic mass is 16.6. The minimum atomic E-state index is -0.414. The Morgan fingerprint density at radius 3 is 2.36 bits per heavy atom. The number of likely N-dealkylation sites (N-methyl/N-ethyl adjacent to an activating group) is 1. The molecule has 0 bridgehead atoms. The molecule has 0 radical (unpaired) electrons. The summed E-state index contributed by atoms with van der Waals surface area (Å²) in [5.74, 6) is -0.00321. The van der Waals surface area contributed by atoms with E-state index in [0.717, 1.165) is 35.3 Å². The Morgan fingerprint density at radius 1 is 1.00 bits per heavy atom. The Balaban J connectivity index is 2.09. The van der Waals surface area contributed by atoms with Gasteiger partial charge in [-0.1, -0.05) is 24.3 Å². The Hall–Kier alpha value is -2.86. The third-order valence-corrected chi connectivity index (χ3v) is 4.84. The highest BCUT2D eigenvalue weighted by Gasteiger charge is 2.27. The topological polar surface area (TPSA) is 53.1 Å². The third-order valence-electron chi connectivity index (χ3n) is 4.84. The molecule has 148 valence electrons. The van der Waals surface area contributed by atoms with Crippen LogP contribution in [-0.2, 0) is 22.4 Å². The van der Waals surface area contributed by atoms with Crippen LogP contribution in [0.25, 0.3) is 0 Å². The van der Waals surface area contributed by atoms with Gasteiger partial charge in [-0.05, 0) is 63.2 Å². The van der Waals surface area contributed by atoms with Crippen LogP contribution in [0.5, 0.6) is 0 Å². The molecule has 0 fully saturated rings. The van der Waals surface area contributed by atoms with E-state index in [4.69, 9.17) is 4.74 Å². The summed E-state index contributed by atoms with van der Waals surface area (Å²) in [5, 5.41) is 0. The van der Waals surface area contributed by atoms with E-state index in [-0.39, 0.29) is 5.91 Å². The molecule has 0 unspecified atom stereocenters. The fourth-order valence-corrected chi connectivity index (χ4v) is 3.46. The van der Waals surface area contributed by atoms with E-state index in [9.17, 15) is 9.59 Å². The van der Waals surface area contributed by atoms with Crippen LogP contribution >= 0.6 is 0 Å². The van der Waals surface area contributed by atoms with Crippen molar-refractivity contribution in [3.05, 3.63) is 53.6 Å². The predicted octanol–water partition coefficient (Wildman–Crippen LogP) is 3.60. The molecule has 0 atom stereocenters. The Morgan fingerprint density at radius 2 is 1.68 bits per heavy atom. The van der Waals surface area contributed by atoms with Crippen molar-refractivity contribution < 1.29 is 14.3 Å². The summed E-state index contributed by atoms with van der Waals surface area (Å²) in [6.07, 6.45) is 1.28. The summed E-state index contributed by atoms with van der Waals surface area (Å²) in [7, 11) is 5.44. The summed E-state index contributed by atoms with van der Waals surface area (Å²) in [6, 6.07) is 13.8. The molecule has 0 spiro atoms. The van der Waals surface area contributed by atoms with Crippen LogP contribution in [0, 0.1) is 0 Å². The molecule has 2 aromatic carbocycles. The van der Waals surface area contributed by atoms with E-state index < -0.39 is 6.09 Å². The fraction of sp³-hybridized carbons (Fsp3) is 0.364. The van der Waals surface area contributed by atoms with Gasteiger partial charge in [0.1, 0.15) is 0 Å². The van der Waals surface area contributed by atoms with Crippen LogP contribution in [-0.4, -0.2) is 51.2 Å².